The standard InChI is InChI=1S/C12H16F3N5O/c1-3-20(5-4-12(13,14)15)7-9-17-10-8(11(21)18-9)6-16-19(10)2/h6H,3-5,7H2,1-2H3,(H,17,18,21). The van der Waals surface area contributed by atoms with Crippen LogP contribution < -0.4 is 5.56 Å². The first-order valence-electron chi connectivity index (χ1n) is 6.50. The van der Waals surface area contributed by atoms with Gasteiger partial charge in [-0.15, -0.1) is 0 Å². The summed E-state index contributed by atoms with van der Waals surface area (Å²) in [6.07, 6.45) is -3.68. The van der Waals surface area contributed by atoms with E-state index in [1.54, 1.807) is 18.9 Å². The van der Waals surface area contributed by atoms with Gasteiger partial charge in [-0.3, -0.25) is 14.4 Å². The van der Waals surface area contributed by atoms with Gasteiger partial charge in [0.2, 0.25) is 0 Å². The van der Waals surface area contributed by atoms with Gasteiger partial charge in [-0.05, 0) is 6.54 Å². The quantitative estimate of drug-likeness (QED) is 0.907. The fourth-order valence-electron chi connectivity index (χ4n) is 2.00. The number of nitrogens with one attached hydrogen (secondary N) is 1. The molecule has 1 N–H and O–H groups in total. The molecule has 0 aliphatic rings. The van der Waals surface area contributed by atoms with Crippen molar-refractivity contribution in [2.45, 2.75) is 26.1 Å². The van der Waals surface area contributed by atoms with E-state index in [1.165, 1.54) is 10.9 Å². The highest BCUT2D eigenvalue weighted by Gasteiger charge is 2.27. The zero-order chi connectivity index (χ0) is 15.6. The van der Waals surface area contributed by atoms with Gasteiger partial charge in [0, 0.05) is 13.6 Å². The molecular formula is C12H16F3N5O. The topological polar surface area (TPSA) is 66.8 Å². The van der Waals surface area contributed by atoms with Gasteiger partial charge in [0.15, 0.2) is 5.65 Å². The third kappa shape index (κ3) is 3.81. The van der Waals surface area contributed by atoms with E-state index in [4.69, 9.17) is 0 Å². The summed E-state index contributed by atoms with van der Waals surface area (Å²) in [4.78, 5) is 20.3. The van der Waals surface area contributed by atoms with E-state index in [2.05, 4.69) is 15.1 Å². The second-order valence-corrected chi connectivity index (χ2v) is 4.75. The Balaban J connectivity index is 2.17. The molecule has 2 aromatic rings. The number of halogens is 3. The number of nitrogens with zero attached hydrogens (tertiary/aromatic N) is 4. The zero-order valence-corrected chi connectivity index (χ0v) is 11.7. The molecule has 0 bridgehead atoms. The van der Waals surface area contributed by atoms with Crippen LogP contribution >= 0.6 is 0 Å². The van der Waals surface area contributed by atoms with E-state index >= 15 is 0 Å². The van der Waals surface area contributed by atoms with Gasteiger partial charge >= 0.3 is 6.18 Å². The lowest BCUT2D eigenvalue weighted by atomic mass is 10.3. The maximum absolute atomic E-state index is 12.3. The third-order valence-corrected chi connectivity index (χ3v) is 3.18. The number of H-pyrrole nitrogens is 1. The number of fused-ring (bicyclic) bond motifs is 1. The fourth-order valence-corrected chi connectivity index (χ4v) is 2.00. The van der Waals surface area contributed by atoms with Crippen LogP contribution in [0, 0.1) is 0 Å². The Bertz CT molecular complexity index is 676. The molecule has 2 heterocycles. The number of hydrogen-bond acceptors (Lipinski definition) is 4. The minimum absolute atomic E-state index is 0.132. The molecule has 2 aromatic heterocycles. The Hall–Kier alpha value is -1.90. The van der Waals surface area contributed by atoms with Crippen LogP contribution in [-0.4, -0.2) is 43.9 Å². The molecule has 21 heavy (non-hydrogen) atoms. The molecule has 0 aromatic carbocycles. The molecular weight excluding hydrogens is 287 g/mol. The van der Waals surface area contributed by atoms with Gasteiger partial charge < -0.3 is 4.98 Å². The van der Waals surface area contributed by atoms with Crippen molar-refractivity contribution in [2.75, 3.05) is 13.1 Å². The van der Waals surface area contributed by atoms with Gasteiger partial charge in [0.05, 0.1) is 19.2 Å². The highest BCUT2D eigenvalue weighted by atomic mass is 19.4. The van der Waals surface area contributed by atoms with Crippen LogP contribution in [0.1, 0.15) is 19.2 Å². The van der Waals surface area contributed by atoms with Crippen LogP contribution in [-0.2, 0) is 13.6 Å². The minimum Gasteiger partial charge on any atom is -0.309 e. The second-order valence-electron chi connectivity index (χ2n) is 4.75. The number of alkyl halides is 3. The monoisotopic (exact) mass is 303 g/mol. The average molecular weight is 303 g/mol. The fraction of sp³-hybridized carbons (Fsp3) is 0.583. The molecule has 0 spiro atoms. The van der Waals surface area contributed by atoms with Crippen LogP contribution in [0.15, 0.2) is 11.0 Å². The zero-order valence-electron chi connectivity index (χ0n) is 11.7. The summed E-state index contributed by atoms with van der Waals surface area (Å²) < 4.78 is 38.2. The van der Waals surface area contributed by atoms with Crippen molar-refractivity contribution >= 4 is 11.0 Å². The van der Waals surface area contributed by atoms with E-state index in [0.717, 1.165) is 0 Å². The lowest BCUT2D eigenvalue weighted by Gasteiger charge is -2.20. The predicted molar refractivity (Wildman–Crippen MR) is 70.8 cm³/mol. The first-order valence-corrected chi connectivity index (χ1v) is 6.50. The molecule has 0 fully saturated rings. The van der Waals surface area contributed by atoms with Gasteiger partial charge in [0.25, 0.3) is 5.56 Å². The summed E-state index contributed by atoms with van der Waals surface area (Å²) in [5.41, 5.74) is 0.0793. The lowest BCUT2D eigenvalue weighted by molar-refractivity contribution is -0.138. The van der Waals surface area contributed by atoms with Crippen molar-refractivity contribution in [3.05, 3.63) is 22.4 Å². The van der Waals surface area contributed by atoms with Crippen molar-refractivity contribution in [2.24, 2.45) is 7.05 Å². The van der Waals surface area contributed by atoms with Crippen molar-refractivity contribution in [1.82, 2.24) is 24.6 Å². The van der Waals surface area contributed by atoms with Crippen LogP contribution in [0.25, 0.3) is 11.0 Å². The van der Waals surface area contributed by atoms with Gasteiger partial charge in [-0.2, -0.15) is 18.3 Å². The molecule has 0 radical (unpaired) electrons. The molecule has 9 heteroatoms. The van der Waals surface area contributed by atoms with Gasteiger partial charge in [-0.1, -0.05) is 6.92 Å². The molecule has 0 atom stereocenters. The average Bonchev–Trinajstić information content (AvgIpc) is 2.76. The maximum atomic E-state index is 12.3. The second kappa shape index (κ2) is 5.84. The first kappa shape index (κ1) is 15.5. The van der Waals surface area contributed by atoms with Gasteiger partial charge in [0.1, 0.15) is 11.2 Å². The lowest BCUT2D eigenvalue weighted by Crippen LogP contribution is -2.29. The molecule has 0 saturated heterocycles. The third-order valence-electron chi connectivity index (χ3n) is 3.18. The van der Waals surface area contributed by atoms with E-state index in [9.17, 15) is 18.0 Å². The number of aromatic nitrogens is 4. The summed E-state index contributed by atoms with van der Waals surface area (Å²) in [5.74, 6) is 0.333. The van der Waals surface area contributed by atoms with E-state index in [1.807, 2.05) is 0 Å². The minimum atomic E-state index is -4.19. The van der Waals surface area contributed by atoms with Crippen LogP contribution in [0.2, 0.25) is 0 Å². The Labute approximate surface area is 118 Å². The maximum Gasteiger partial charge on any atom is 0.390 e. The number of aromatic amines is 1. The number of aryl methyl sites for hydroxylation is 1. The van der Waals surface area contributed by atoms with E-state index < -0.39 is 12.6 Å². The van der Waals surface area contributed by atoms with Crippen LogP contribution in [0.3, 0.4) is 0 Å². The van der Waals surface area contributed by atoms with E-state index in [-0.39, 0.29) is 18.6 Å². The molecule has 0 aliphatic carbocycles. The highest BCUT2D eigenvalue weighted by Crippen LogP contribution is 2.20. The summed E-state index contributed by atoms with van der Waals surface area (Å²) in [5, 5.41) is 4.30. The van der Waals surface area contributed by atoms with Crippen LogP contribution in [0.5, 0.6) is 0 Å². The Morgan fingerprint density at radius 1 is 1.43 bits per heavy atom. The number of hydrogen-bond donors (Lipinski definition) is 1. The van der Waals surface area contributed by atoms with Crippen LogP contribution in [0.4, 0.5) is 13.2 Å². The molecule has 0 amide bonds. The Kier molecular flexibility index (Phi) is 4.31. The van der Waals surface area contributed by atoms with Crippen molar-refractivity contribution < 1.29 is 13.2 Å². The Morgan fingerprint density at radius 3 is 2.76 bits per heavy atom. The smallest absolute Gasteiger partial charge is 0.309 e. The Morgan fingerprint density at radius 2 is 2.14 bits per heavy atom. The van der Waals surface area contributed by atoms with Crippen molar-refractivity contribution in [3.63, 3.8) is 0 Å². The largest absolute Gasteiger partial charge is 0.390 e. The van der Waals surface area contributed by atoms with Crippen molar-refractivity contribution in [1.29, 1.82) is 0 Å². The number of rotatable bonds is 5. The SMILES string of the molecule is CCN(CCC(F)(F)F)Cc1nc2c(cnn2C)c(=O)[nH]1. The highest BCUT2D eigenvalue weighted by molar-refractivity contribution is 5.72. The summed E-state index contributed by atoms with van der Waals surface area (Å²) in [7, 11) is 1.65. The normalized spacial score (nSPS) is 12.5. The molecule has 0 unspecified atom stereocenters. The molecule has 2 rings (SSSR count). The summed E-state index contributed by atoms with van der Waals surface area (Å²) >= 11 is 0. The molecule has 116 valence electrons. The summed E-state index contributed by atoms with van der Waals surface area (Å²) in [6.45, 7) is 2.22. The first-order chi connectivity index (χ1) is 9.80. The van der Waals surface area contributed by atoms with Gasteiger partial charge in [-0.25, -0.2) is 4.98 Å². The van der Waals surface area contributed by atoms with E-state index in [0.29, 0.717) is 23.4 Å². The molecule has 0 saturated carbocycles. The van der Waals surface area contributed by atoms with Crippen molar-refractivity contribution in [3.8, 4) is 0 Å². The summed E-state index contributed by atoms with van der Waals surface area (Å²) in [6, 6.07) is 0. The molecule has 0 aliphatic heterocycles. The predicted octanol–water partition coefficient (Wildman–Crippen LogP) is 1.43. The molecule has 6 nitrogen and oxygen atoms in total.